The highest BCUT2D eigenvalue weighted by Gasteiger charge is 2.17. The number of carbonyl (C=O) groups excluding carboxylic acids is 1. The number of rotatable bonds is 4. The normalized spacial score (nSPS) is 18.1. The Balaban J connectivity index is 1.52. The van der Waals surface area contributed by atoms with E-state index >= 15 is 0 Å². The zero-order valence-electron chi connectivity index (χ0n) is 14.9. The standard InChI is InChI=1S/C21H17FN2O2S2/c1-28(23,26)18-8-9-19-15(11-18)12-20(27-19)21(25)24-17-7-4-14(10-17)13-2-5-16(22)6-3-13/h2-12,17,23H,1H3,(H,24,25). The summed E-state index contributed by atoms with van der Waals surface area (Å²) in [7, 11) is -2.80. The molecule has 4 rings (SSSR count). The van der Waals surface area contributed by atoms with Gasteiger partial charge in [-0.3, -0.25) is 4.79 Å². The largest absolute Gasteiger partial charge is 0.342 e. The van der Waals surface area contributed by atoms with Crippen LogP contribution in [0.5, 0.6) is 0 Å². The molecule has 142 valence electrons. The fourth-order valence-corrected chi connectivity index (χ4v) is 4.66. The smallest absolute Gasteiger partial charge is 0.262 e. The van der Waals surface area contributed by atoms with E-state index in [0.29, 0.717) is 9.77 Å². The van der Waals surface area contributed by atoms with E-state index in [2.05, 4.69) is 5.32 Å². The quantitative estimate of drug-likeness (QED) is 0.644. The molecular weight excluding hydrogens is 395 g/mol. The summed E-state index contributed by atoms with van der Waals surface area (Å²) < 4.78 is 33.6. The minimum atomic E-state index is -2.80. The van der Waals surface area contributed by atoms with Gasteiger partial charge in [0.25, 0.3) is 5.91 Å². The van der Waals surface area contributed by atoms with Crippen molar-refractivity contribution in [3.8, 4) is 0 Å². The first kappa shape index (κ1) is 18.6. The van der Waals surface area contributed by atoms with Crippen LogP contribution in [-0.4, -0.2) is 22.4 Å². The second-order valence-corrected chi connectivity index (χ2v) is 9.88. The minimum absolute atomic E-state index is 0.197. The average molecular weight is 413 g/mol. The van der Waals surface area contributed by atoms with Gasteiger partial charge in [-0.05, 0) is 52.9 Å². The Kier molecular flexibility index (Phi) is 4.64. The third kappa shape index (κ3) is 3.76. The van der Waals surface area contributed by atoms with E-state index in [9.17, 15) is 13.4 Å². The Morgan fingerprint density at radius 3 is 2.64 bits per heavy atom. The van der Waals surface area contributed by atoms with E-state index in [-0.39, 0.29) is 17.8 Å². The molecule has 2 N–H and O–H groups in total. The maximum absolute atomic E-state index is 13.1. The number of thiophene rings is 1. The van der Waals surface area contributed by atoms with Gasteiger partial charge in [0.2, 0.25) is 0 Å². The second kappa shape index (κ2) is 7.00. The van der Waals surface area contributed by atoms with Crippen LogP contribution in [0.15, 0.2) is 71.7 Å². The predicted molar refractivity (Wildman–Crippen MR) is 112 cm³/mol. The number of hydrogen-bond acceptors (Lipinski definition) is 4. The molecule has 28 heavy (non-hydrogen) atoms. The molecule has 0 fully saturated rings. The molecule has 3 aromatic rings. The number of halogens is 1. The van der Waals surface area contributed by atoms with Gasteiger partial charge in [0.05, 0.1) is 20.6 Å². The molecule has 0 bridgehead atoms. The van der Waals surface area contributed by atoms with Gasteiger partial charge >= 0.3 is 0 Å². The maximum Gasteiger partial charge on any atom is 0.262 e. The van der Waals surface area contributed by atoms with Crippen LogP contribution in [0.4, 0.5) is 4.39 Å². The molecule has 1 heterocycles. The molecule has 2 aromatic carbocycles. The van der Waals surface area contributed by atoms with Crippen LogP contribution in [0.3, 0.4) is 0 Å². The molecule has 7 heteroatoms. The Labute approximate surface area is 166 Å². The van der Waals surface area contributed by atoms with Gasteiger partial charge in [0.15, 0.2) is 0 Å². The highest BCUT2D eigenvalue weighted by atomic mass is 32.2. The van der Waals surface area contributed by atoms with Crippen LogP contribution in [0, 0.1) is 10.6 Å². The molecule has 1 aromatic heterocycles. The zero-order chi connectivity index (χ0) is 19.9. The van der Waals surface area contributed by atoms with Gasteiger partial charge < -0.3 is 5.32 Å². The van der Waals surface area contributed by atoms with Crippen LogP contribution in [-0.2, 0) is 9.73 Å². The highest BCUT2D eigenvalue weighted by Crippen LogP contribution is 2.29. The van der Waals surface area contributed by atoms with Gasteiger partial charge in [-0.15, -0.1) is 11.3 Å². The van der Waals surface area contributed by atoms with Gasteiger partial charge in [-0.1, -0.05) is 30.4 Å². The Morgan fingerprint density at radius 1 is 1.18 bits per heavy atom. The van der Waals surface area contributed by atoms with Crippen molar-refractivity contribution in [1.29, 1.82) is 4.78 Å². The number of nitrogens with one attached hydrogen (secondary N) is 2. The lowest BCUT2D eigenvalue weighted by Crippen LogP contribution is -2.30. The molecule has 0 aliphatic heterocycles. The summed E-state index contributed by atoms with van der Waals surface area (Å²) in [5.41, 5.74) is 1.82. The number of benzene rings is 2. The third-order valence-electron chi connectivity index (χ3n) is 4.48. The molecule has 0 saturated carbocycles. The summed E-state index contributed by atoms with van der Waals surface area (Å²) in [4.78, 5) is 13.6. The molecule has 2 atom stereocenters. The third-order valence-corrected chi connectivity index (χ3v) is 6.75. The van der Waals surface area contributed by atoms with Crippen LogP contribution in [0.2, 0.25) is 0 Å². The summed E-state index contributed by atoms with van der Waals surface area (Å²) in [6.45, 7) is 0. The Hall–Kier alpha value is -2.77. The monoisotopic (exact) mass is 412 g/mol. The Morgan fingerprint density at radius 2 is 1.93 bits per heavy atom. The predicted octanol–water partition coefficient (Wildman–Crippen LogP) is 4.83. The van der Waals surface area contributed by atoms with Crippen LogP contribution in [0.25, 0.3) is 15.7 Å². The SMILES string of the molecule is CS(=N)(=O)c1ccc2sc(C(=O)NC3C=CC(c4ccc(F)cc4)=C3)cc2c1. The molecule has 0 saturated heterocycles. The summed E-state index contributed by atoms with van der Waals surface area (Å²) in [5, 5.41) is 3.76. The number of hydrogen-bond donors (Lipinski definition) is 2. The van der Waals surface area contributed by atoms with E-state index in [1.54, 1.807) is 36.4 Å². The van der Waals surface area contributed by atoms with Gasteiger partial charge in [-0.2, -0.15) is 0 Å². The van der Waals surface area contributed by atoms with E-state index in [4.69, 9.17) is 4.78 Å². The number of amides is 1. The molecular formula is C21H17FN2O2S2. The van der Waals surface area contributed by atoms with Crippen molar-refractivity contribution in [2.45, 2.75) is 10.9 Å². The first-order valence-electron chi connectivity index (χ1n) is 8.54. The number of fused-ring (bicyclic) bond motifs is 1. The zero-order valence-corrected chi connectivity index (χ0v) is 16.6. The highest BCUT2D eigenvalue weighted by molar-refractivity contribution is 7.91. The van der Waals surface area contributed by atoms with Crippen molar-refractivity contribution < 1.29 is 13.4 Å². The first-order chi connectivity index (χ1) is 13.3. The lowest BCUT2D eigenvalue weighted by atomic mass is 10.1. The molecule has 2 unspecified atom stereocenters. The topological polar surface area (TPSA) is 70.0 Å². The van der Waals surface area contributed by atoms with Gasteiger partial charge in [0, 0.05) is 15.9 Å². The van der Waals surface area contributed by atoms with Crippen molar-refractivity contribution in [1.82, 2.24) is 5.32 Å². The summed E-state index contributed by atoms with van der Waals surface area (Å²) in [5.74, 6) is -0.481. The minimum Gasteiger partial charge on any atom is -0.342 e. The van der Waals surface area contributed by atoms with Crippen molar-refractivity contribution in [3.63, 3.8) is 0 Å². The Bertz CT molecular complexity index is 1240. The van der Waals surface area contributed by atoms with Gasteiger partial charge in [-0.25, -0.2) is 13.4 Å². The van der Waals surface area contributed by atoms with Crippen LogP contribution >= 0.6 is 11.3 Å². The fraction of sp³-hybridized carbons (Fsp3) is 0.0952. The maximum atomic E-state index is 13.1. The average Bonchev–Trinajstić information content (AvgIpc) is 3.27. The van der Waals surface area contributed by atoms with Crippen LogP contribution < -0.4 is 5.32 Å². The van der Waals surface area contributed by atoms with Crippen LogP contribution in [0.1, 0.15) is 15.2 Å². The summed E-state index contributed by atoms with van der Waals surface area (Å²) >= 11 is 1.35. The van der Waals surface area contributed by atoms with E-state index in [0.717, 1.165) is 21.2 Å². The van der Waals surface area contributed by atoms with Crippen molar-refractivity contribution >= 4 is 42.6 Å². The molecule has 1 aliphatic carbocycles. The van der Waals surface area contributed by atoms with Crippen molar-refractivity contribution in [2.75, 3.05) is 6.26 Å². The molecule has 0 spiro atoms. The molecule has 0 radical (unpaired) electrons. The van der Waals surface area contributed by atoms with E-state index in [1.165, 1.54) is 29.7 Å². The van der Waals surface area contributed by atoms with Crippen molar-refractivity contribution in [2.24, 2.45) is 0 Å². The molecule has 1 aliphatic rings. The molecule has 1 amide bonds. The summed E-state index contributed by atoms with van der Waals surface area (Å²) in [6.07, 6.45) is 7.09. The van der Waals surface area contributed by atoms with Gasteiger partial charge in [0.1, 0.15) is 5.82 Å². The van der Waals surface area contributed by atoms with Crippen molar-refractivity contribution in [3.05, 3.63) is 83.0 Å². The number of carbonyl (C=O) groups is 1. The lowest BCUT2D eigenvalue weighted by molar-refractivity contribution is 0.0954. The lowest BCUT2D eigenvalue weighted by Gasteiger charge is -2.07. The number of allylic oxidation sites excluding steroid dienone is 2. The summed E-state index contributed by atoms with van der Waals surface area (Å²) in [6, 6.07) is 12.9. The second-order valence-electron chi connectivity index (χ2n) is 6.64. The molecule has 4 nitrogen and oxygen atoms in total. The van der Waals surface area contributed by atoms with E-state index in [1.807, 2.05) is 18.2 Å². The first-order valence-corrected chi connectivity index (χ1v) is 11.3. The van der Waals surface area contributed by atoms with E-state index < -0.39 is 9.73 Å². The fourth-order valence-electron chi connectivity index (χ4n) is 3.03.